The second kappa shape index (κ2) is 9.92. The van der Waals surface area contributed by atoms with Gasteiger partial charge < -0.3 is 20.3 Å². The lowest BCUT2D eigenvalue weighted by Crippen LogP contribution is -2.45. The van der Waals surface area contributed by atoms with Crippen LogP contribution in [-0.2, 0) is 22.3 Å². The molecule has 2 heterocycles. The Morgan fingerprint density at radius 3 is 2.64 bits per heavy atom. The third-order valence-electron chi connectivity index (χ3n) is 6.24. The van der Waals surface area contributed by atoms with Crippen molar-refractivity contribution in [2.24, 2.45) is 0 Å². The number of rotatable bonds is 7. The summed E-state index contributed by atoms with van der Waals surface area (Å²) in [4.78, 5) is 41.1. The van der Waals surface area contributed by atoms with Crippen molar-refractivity contribution >= 4 is 17.8 Å². The third-order valence-corrected chi connectivity index (χ3v) is 6.24. The maximum absolute atomic E-state index is 13.3. The summed E-state index contributed by atoms with van der Waals surface area (Å²) in [5, 5.41) is 5.43. The molecule has 0 bridgehead atoms. The first-order valence-electron chi connectivity index (χ1n) is 11.2. The van der Waals surface area contributed by atoms with Gasteiger partial charge in [-0.05, 0) is 23.8 Å². The van der Waals surface area contributed by atoms with E-state index in [0.717, 1.165) is 12.1 Å². The number of benzene rings is 2. The summed E-state index contributed by atoms with van der Waals surface area (Å²) in [6, 6.07) is 10.8. The second-order valence-corrected chi connectivity index (χ2v) is 8.50. The molecular weight excluding hydrogens is 477 g/mol. The molecular formula is C25H25F3N4O4. The zero-order chi connectivity index (χ0) is 26.0. The minimum Gasteiger partial charge on any atom is -0.496 e. The van der Waals surface area contributed by atoms with E-state index in [1.54, 1.807) is 31.3 Å². The van der Waals surface area contributed by atoms with Gasteiger partial charge in [0.25, 0.3) is 5.91 Å². The van der Waals surface area contributed by atoms with Gasteiger partial charge in [-0.1, -0.05) is 30.3 Å². The number of urea groups is 1. The van der Waals surface area contributed by atoms with Crippen LogP contribution in [0.4, 0.5) is 18.0 Å². The van der Waals surface area contributed by atoms with Crippen molar-refractivity contribution in [2.75, 3.05) is 27.2 Å². The number of hydrogen-bond acceptors (Lipinski definition) is 4. The van der Waals surface area contributed by atoms with Gasteiger partial charge in [-0.3, -0.25) is 14.5 Å². The van der Waals surface area contributed by atoms with E-state index in [0.29, 0.717) is 28.1 Å². The molecule has 1 unspecified atom stereocenters. The number of alkyl halides is 3. The molecule has 2 aromatic rings. The van der Waals surface area contributed by atoms with Crippen LogP contribution in [0, 0.1) is 0 Å². The molecule has 1 atom stereocenters. The summed E-state index contributed by atoms with van der Waals surface area (Å²) in [6.07, 6.45) is -4.51. The molecule has 4 amide bonds. The second-order valence-electron chi connectivity index (χ2n) is 8.50. The van der Waals surface area contributed by atoms with E-state index in [4.69, 9.17) is 4.74 Å². The number of nitrogens with one attached hydrogen (secondary N) is 2. The quantitative estimate of drug-likeness (QED) is 0.609. The van der Waals surface area contributed by atoms with Gasteiger partial charge in [0.1, 0.15) is 5.75 Å². The summed E-state index contributed by atoms with van der Waals surface area (Å²) >= 11 is 0. The molecule has 2 N–H and O–H groups in total. The number of methoxy groups -OCH3 is 1. The van der Waals surface area contributed by atoms with Crippen LogP contribution in [0.1, 0.15) is 29.2 Å². The van der Waals surface area contributed by atoms with E-state index in [1.165, 1.54) is 29.0 Å². The average Bonchev–Trinajstić information content (AvgIpc) is 3.19. The van der Waals surface area contributed by atoms with E-state index in [9.17, 15) is 27.6 Å². The average molecular weight is 502 g/mol. The molecule has 190 valence electrons. The Kier molecular flexibility index (Phi) is 6.91. The number of hydrogen-bond donors (Lipinski definition) is 2. The Morgan fingerprint density at radius 2 is 1.92 bits per heavy atom. The van der Waals surface area contributed by atoms with Crippen LogP contribution in [0.15, 0.2) is 59.8 Å². The molecule has 0 fully saturated rings. The van der Waals surface area contributed by atoms with Crippen molar-refractivity contribution in [3.05, 3.63) is 76.5 Å². The highest BCUT2D eigenvalue weighted by atomic mass is 19.4. The fraction of sp³-hybridized carbons (Fsp3) is 0.320. The van der Waals surface area contributed by atoms with E-state index in [-0.39, 0.29) is 38.0 Å². The molecule has 2 aromatic carbocycles. The Bertz CT molecular complexity index is 1230. The number of amides is 4. The van der Waals surface area contributed by atoms with Gasteiger partial charge in [0.05, 0.1) is 36.5 Å². The van der Waals surface area contributed by atoms with Gasteiger partial charge in [-0.2, -0.15) is 13.2 Å². The van der Waals surface area contributed by atoms with Crippen LogP contribution in [0.2, 0.25) is 0 Å². The summed E-state index contributed by atoms with van der Waals surface area (Å²) in [5.41, 5.74) is 1.13. The maximum Gasteiger partial charge on any atom is 0.416 e. The Morgan fingerprint density at radius 1 is 1.17 bits per heavy atom. The van der Waals surface area contributed by atoms with Crippen molar-refractivity contribution in [2.45, 2.75) is 25.2 Å². The lowest BCUT2D eigenvalue weighted by molar-refractivity contribution is -0.137. The van der Waals surface area contributed by atoms with Gasteiger partial charge >= 0.3 is 12.2 Å². The molecule has 0 aromatic heterocycles. The Labute approximate surface area is 205 Å². The highest BCUT2D eigenvalue weighted by Gasteiger charge is 2.43. The zero-order valence-electron chi connectivity index (χ0n) is 19.7. The topological polar surface area (TPSA) is 91.0 Å². The summed E-state index contributed by atoms with van der Waals surface area (Å²) in [7, 11) is 3.08. The Balaban J connectivity index is 1.41. The van der Waals surface area contributed by atoms with Crippen LogP contribution >= 0.6 is 0 Å². The van der Waals surface area contributed by atoms with Crippen molar-refractivity contribution in [1.82, 2.24) is 20.4 Å². The first-order valence-corrected chi connectivity index (χ1v) is 11.2. The molecule has 0 radical (unpaired) electrons. The van der Waals surface area contributed by atoms with Gasteiger partial charge in [-0.15, -0.1) is 0 Å². The number of halogens is 3. The molecule has 0 aliphatic carbocycles. The number of ether oxygens (including phenoxy) is 1. The molecule has 11 heteroatoms. The normalized spacial score (nSPS) is 17.8. The predicted octanol–water partition coefficient (Wildman–Crippen LogP) is 3.21. The molecule has 4 rings (SSSR count). The monoisotopic (exact) mass is 502 g/mol. The van der Waals surface area contributed by atoms with Crippen molar-refractivity contribution in [3.63, 3.8) is 0 Å². The van der Waals surface area contributed by atoms with E-state index in [1.807, 2.05) is 0 Å². The molecule has 8 nitrogen and oxygen atoms in total. The third kappa shape index (κ3) is 5.00. The SMILES string of the molecule is COc1ccccc1C1NC(=O)N(C)C2=C1C(=O)N(CCC(=O)NCc1cccc(C(F)(F)F)c1)C2. The minimum absolute atomic E-state index is 0.0460. The molecule has 36 heavy (non-hydrogen) atoms. The highest BCUT2D eigenvalue weighted by molar-refractivity contribution is 6.01. The number of nitrogens with zero attached hydrogens (tertiary/aromatic N) is 2. The zero-order valence-corrected chi connectivity index (χ0v) is 19.7. The van der Waals surface area contributed by atoms with Gasteiger partial charge in [0.15, 0.2) is 0 Å². The van der Waals surface area contributed by atoms with Crippen LogP contribution in [0.3, 0.4) is 0 Å². The fourth-order valence-electron chi connectivity index (χ4n) is 4.33. The first kappa shape index (κ1) is 25.1. The van der Waals surface area contributed by atoms with Gasteiger partial charge in [-0.25, -0.2) is 4.79 Å². The predicted molar refractivity (Wildman–Crippen MR) is 124 cm³/mol. The van der Waals surface area contributed by atoms with Gasteiger partial charge in [0.2, 0.25) is 5.91 Å². The van der Waals surface area contributed by atoms with Crippen LogP contribution < -0.4 is 15.4 Å². The van der Waals surface area contributed by atoms with Crippen LogP contribution in [-0.4, -0.2) is 54.9 Å². The number of carbonyl (C=O) groups excluding carboxylic acids is 3. The highest BCUT2D eigenvalue weighted by Crippen LogP contribution is 2.38. The van der Waals surface area contributed by atoms with Crippen LogP contribution in [0.25, 0.3) is 0 Å². The Hall–Kier alpha value is -4.02. The summed E-state index contributed by atoms with van der Waals surface area (Å²) in [6.45, 7) is 0.175. The molecule has 2 aliphatic rings. The maximum atomic E-state index is 13.3. The minimum atomic E-state index is -4.47. The van der Waals surface area contributed by atoms with E-state index >= 15 is 0 Å². The van der Waals surface area contributed by atoms with Crippen LogP contribution in [0.5, 0.6) is 5.75 Å². The summed E-state index contributed by atoms with van der Waals surface area (Å²) in [5.74, 6) is -0.188. The van der Waals surface area contributed by atoms with E-state index < -0.39 is 23.7 Å². The fourth-order valence-corrected chi connectivity index (χ4v) is 4.33. The molecule has 0 spiro atoms. The standard InChI is InChI=1S/C25H25F3N4O4/c1-31-18-14-32(11-10-20(33)29-13-15-6-5-7-16(12-15)25(26,27)28)23(34)21(18)22(30-24(31)35)17-8-3-4-9-19(17)36-2/h3-9,12,22H,10-11,13-14H2,1-2H3,(H,29,33)(H,30,35). The lowest BCUT2D eigenvalue weighted by atomic mass is 9.95. The lowest BCUT2D eigenvalue weighted by Gasteiger charge is -2.31. The first-order chi connectivity index (χ1) is 17.1. The molecule has 2 aliphatic heterocycles. The van der Waals surface area contributed by atoms with Crippen molar-refractivity contribution < 1.29 is 32.3 Å². The number of carbonyl (C=O) groups is 3. The number of para-hydroxylation sites is 1. The number of likely N-dealkylation sites (N-methyl/N-ethyl adjacent to an activating group) is 1. The van der Waals surface area contributed by atoms with Crippen molar-refractivity contribution in [1.29, 1.82) is 0 Å². The largest absolute Gasteiger partial charge is 0.496 e. The van der Waals surface area contributed by atoms with Gasteiger partial charge in [0, 0.05) is 32.1 Å². The van der Waals surface area contributed by atoms with Crippen molar-refractivity contribution in [3.8, 4) is 5.75 Å². The molecule has 0 saturated heterocycles. The molecule has 0 saturated carbocycles. The smallest absolute Gasteiger partial charge is 0.416 e. The van der Waals surface area contributed by atoms with E-state index in [2.05, 4.69) is 10.6 Å². The summed E-state index contributed by atoms with van der Waals surface area (Å²) < 4.78 is 44.1.